The van der Waals surface area contributed by atoms with Crippen LogP contribution in [0.5, 0.6) is 0 Å². The van der Waals surface area contributed by atoms with Gasteiger partial charge in [-0.3, -0.25) is 4.79 Å². The van der Waals surface area contributed by atoms with E-state index in [4.69, 9.17) is 5.73 Å². The topological polar surface area (TPSA) is 55.1 Å². The largest absolute Gasteiger partial charge is 0.348 e. The van der Waals surface area contributed by atoms with Crippen LogP contribution in [0.3, 0.4) is 0 Å². The fourth-order valence-corrected chi connectivity index (χ4v) is 1.87. The van der Waals surface area contributed by atoms with Gasteiger partial charge in [-0.1, -0.05) is 43.7 Å². The first kappa shape index (κ1) is 14.7. The van der Waals surface area contributed by atoms with Crippen molar-refractivity contribution in [3.8, 4) is 0 Å². The molecule has 0 aliphatic carbocycles. The third kappa shape index (κ3) is 4.49. The molecule has 0 heterocycles. The molecule has 3 N–H and O–H groups in total. The van der Waals surface area contributed by atoms with Crippen molar-refractivity contribution in [1.29, 1.82) is 0 Å². The second-order valence-corrected chi connectivity index (χ2v) is 5.38. The second kappa shape index (κ2) is 6.55. The molecule has 0 saturated heterocycles. The quantitative estimate of drug-likeness (QED) is 0.841. The van der Waals surface area contributed by atoms with Crippen LogP contribution < -0.4 is 11.1 Å². The number of carbonyl (C=O) groups is 1. The number of nitrogens with two attached hydrogens (primary N) is 1. The SMILES string of the molecule is Cc1ccc([C@@H](C)NC(=O)C(N)CC(C)C)cc1. The van der Waals surface area contributed by atoms with Crippen LogP contribution >= 0.6 is 0 Å². The van der Waals surface area contributed by atoms with Gasteiger partial charge in [0.1, 0.15) is 0 Å². The molecule has 1 aromatic carbocycles. The maximum Gasteiger partial charge on any atom is 0.237 e. The highest BCUT2D eigenvalue weighted by Gasteiger charge is 2.17. The molecule has 0 aromatic heterocycles. The van der Waals surface area contributed by atoms with Gasteiger partial charge in [-0.05, 0) is 31.7 Å². The predicted molar refractivity (Wildman–Crippen MR) is 75.2 cm³/mol. The van der Waals surface area contributed by atoms with E-state index in [2.05, 4.69) is 19.2 Å². The summed E-state index contributed by atoms with van der Waals surface area (Å²) < 4.78 is 0. The minimum absolute atomic E-state index is 0.00341. The third-order valence-corrected chi connectivity index (χ3v) is 3.00. The van der Waals surface area contributed by atoms with Gasteiger partial charge < -0.3 is 11.1 Å². The fourth-order valence-electron chi connectivity index (χ4n) is 1.87. The number of carbonyl (C=O) groups excluding carboxylic acids is 1. The Hall–Kier alpha value is -1.35. The molecule has 3 heteroatoms. The molecule has 1 rings (SSSR count). The molecule has 0 saturated carbocycles. The number of hydrogen-bond acceptors (Lipinski definition) is 2. The molecule has 0 aliphatic rings. The number of aryl methyl sites for hydroxylation is 1. The van der Waals surface area contributed by atoms with Gasteiger partial charge in [0.25, 0.3) is 0 Å². The molecule has 0 bridgehead atoms. The average molecular weight is 248 g/mol. The lowest BCUT2D eigenvalue weighted by Gasteiger charge is -2.19. The van der Waals surface area contributed by atoms with Crippen LogP contribution in [0, 0.1) is 12.8 Å². The molecule has 3 nitrogen and oxygen atoms in total. The molecule has 2 atom stereocenters. The van der Waals surface area contributed by atoms with E-state index in [9.17, 15) is 4.79 Å². The summed E-state index contributed by atoms with van der Waals surface area (Å²) in [6.07, 6.45) is 0.715. The first-order valence-corrected chi connectivity index (χ1v) is 6.52. The van der Waals surface area contributed by atoms with Gasteiger partial charge in [-0.25, -0.2) is 0 Å². The van der Waals surface area contributed by atoms with E-state index in [0.29, 0.717) is 12.3 Å². The summed E-state index contributed by atoms with van der Waals surface area (Å²) in [5.41, 5.74) is 8.18. The highest BCUT2D eigenvalue weighted by Crippen LogP contribution is 2.13. The maximum atomic E-state index is 11.9. The van der Waals surface area contributed by atoms with Crippen LogP contribution in [0.4, 0.5) is 0 Å². The van der Waals surface area contributed by atoms with Crippen molar-refractivity contribution in [2.45, 2.75) is 46.2 Å². The molecule has 0 fully saturated rings. The number of amides is 1. The molecule has 1 amide bonds. The molecular formula is C15H24N2O. The summed E-state index contributed by atoms with van der Waals surface area (Å²) in [5, 5.41) is 2.96. The standard InChI is InChI=1S/C15H24N2O/c1-10(2)9-14(16)15(18)17-12(4)13-7-5-11(3)6-8-13/h5-8,10,12,14H,9,16H2,1-4H3,(H,17,18)/t12-,14?/m1/s1. The Balaban J connectivity index is 2.56. The summed E-state index contributed by atoms with van der Waals surface area (Å²) in [6.45, 7) is 8.16. The van der Waals surface area contributed by atoms with Gasteiger partial charge in [-0.2, -0.15) is 0 Å². The van der Waals surface area contributed by atoms with Crippen molar-refractivity contribution in [3.63, 3.8) is 0 Å². The van der Waals surface area contributed by atoms with Crippen LogP contribution in [-0.2, 0) is 4.79 Å². The molecule has 18 heavy (non-hydrogen) atoms. The molecule has 0 spiro atoms. The highest BCUT2D eigenvalue weighted by atomic mass is 16.2. The zero-order valence-corrected chi connectivity index (χ0v) is 11.7. The number of nitrogens with one attached hydrogen (secondary N) is 1. The van der Waals surface area contributed by atoms with Gasteiger partial charge in [0.05, 0.1) is 12.1 Å². The monoisotopic (exact) mass is 248 g/mol. The van der Waals surface area contributed by atoms with Crippen molar-refractivity contribution in [2.24, 2.45) is 11.7 Å². The van der Waals surface area contributed by atoms with E-state index < -0.39 is 6.04 Å². The van der Waals surface area contributed by atoms with Crippen molar-refractivity contribution in [2.75, 3.05) is 0 Å². The van der Waals surface area contributed by atoms with E-state index in [1.165, 1.54) is 5.56 Å². The lowest BCUT2D eigenvalue weighted by molar-refractivity contribution is -0.123. The Morgan fingerprint density at radius 3 is 2.28 bits per heavy atom. The molecule has 1 unspecified atom stereocenters. The zero-order chi connectivity index (χ0) is 13.7. The summed E-state index contributed by atoms with van der Waals surface area (Å²) >= 11 is 0. The molecule has 0 radical (unpaired) electrons. The van der Waals surface area contributed by atoms with Crippen molar-refractivity contribution < 1.29 is 4.79 Å². The van der Waals surface area contributed by atoms with Crippen molar-refractivity contribution in [1.82, 2.24) is 5.32 Å². The van der Waals surface area contributed by atoms with Gasteiger partial charge in [0, 0.05) is 0 Å². The molecule has 1 aromatic rings. The van der Waals surface area contributed by atoms with E-state index in [1.54, 1.807) is 0 Å². The lowest BCUT2D eigenvalue weighted by Crippen LogP contribution is -2.42. The third-order valence-electron chi connectivity index (χ3n) is 3.00. The predicted octanol–water partition coefficient (Wildman–Crippen LogP) is 2.55. The van der Waals surface area contributed by atoms with Crippen molar-refractivity contribution in [3.05, 3.63) is 35.4 Å². The minimum Gasteiger partial charge on any atom is -0.348 e. The van der Waals surface area contributed by atoms with Gasteiger partial charge >= 0.3 is 0 Å². The average Bonchev–Trinajstić information content (AvgIpc) is 2.28. The summed E-state index contributed by atoms with van der Waals surface area (Å²) in [7, 11) is 0. The first-order valence-electron chi connectivity index (χ1n) is 6.52. The van der Waals surface area contributed by atoms with E-state index in [0.717, 1.165) is 5.56 Å². The zero-order valence-electron chi connectivity index (χ0n) is 11.7. The van der Waals surface area contributed by atoms with Gasteiger partial charge in [-0.15, -0.1) is 0 Å². The molecule has 100 valence electrons. The Morgan fingerprint density at radius 1 is 1.22 bits per heavy atom. The Bertz CT molecular complexity index is 384. The van der Waals surface area contributed by atoms with Gasteiger partial charge in [0.2, 0.25) is 5.91 Å². The Labute approximate surface area is 110 Å². The lowest BCUT2D eigenvalue weighted by atomic mass is 10.0. The smallest absolute Gasteiger partial charge is 0.237 e. The second-order valence-electron chi connectivity index (χ2n) is 5.38. The number of benzene rings is 1. The number of rotatable bonds is 5. The van der Waals surface area contributed by atoms with Crippen LogP contribution in [0.15, 0.2) is 24.3 Å². The van der Waals surface area contributed by atoms with Crippen LogP contribution in [0.1, 0.15) is 44.4 Å². The number of hydrogen-bond donors (Lipinski definition) is 2. The van der Waals surface area contributed by atoms with E-state index in [1.807, 2.05) is 38.1 Å². The van der Waals surface area contributed by atoms with E-state index >= 15 is 0 Å². The summed E-state index contributed by atoms with van der Waals surface area (Å²) in [6, 6.07) is 7.75. The summed E-state index contributed by atoms with van der Waals surface area (Å²) in [5.74, 6) is 0.359. The fraction of sp³-hybridized carbons (Fsp3) is 0.533. The van der Waals surface area contributed by atoms with Crippen LogP contribution in [-0.4, -0.2) is 11.9 Å². The highest BCUT2D eigenvalue weighted by molar-refractivity contribution is 5.81. The van der Waals surface area contributed by atoms with Crippen LogP contribution in [0.25, 0.3) is 0 Å². The Kier molecular flexibility index (Phi) is 5.35. The van der Waals surface area contributed by atoms with Gasteiger partial charge in [0.15, 0.2) is 0 Å². The van der Waals surface area contributed by atoms with Crippen LogP contribution in [0.2, 0.25) is 0 Å². The Morgan fingerprint density at radius 2 is 1.78 bits per heavy atom. The maximum absolute atomic E-state index is 11.9. The van der Waals surface area contributed by atoms with Crippen molar-refractivity contribution >= 4 is 5.91 Å². The first-order chi connectivity index (χ1) is 8.40. The molecular weight excluding hydrogens is 224 g/mol. The normalized spacial score (nSPS) is 14.3. The minimum atomic E-state index is -0.419. The van der Waals surface area contributed by atoms with E-state index in [-0.39, 0.29) is 11.9 Å². The molecule has 0 aliphatic heterocycles. The summed E-state index contributed by atoms with van der Waals surface area (Å²) in [4.78, 5) is 11.9.